The van der Waals surface area contributed by atoms with Crippen LogP contribution in [0.1, 0.15) is 30.4 Å². The average Bonchev–Trinajstić information content (AvgIpc) is 3.54. The highest BCUT2D eigenvalue weighted by Gasteiger charge is 2.29. The molecule has 1 amide bonds. The van der Waals surface area contributed by atoms with Crippen molar-refractivity contribution >= 4 is 28.3 Å². The number of fused-ring (bicyclic) bond motifs is 1. The van der Waals surface area contributed by atoms with Gasteiger partial charge in [0.2, 0.25) is 5.91 Å². The summed E-state index contributed by atoms with van der Waals surface area (Å²) in [5.74, 6) is 0.928. The Morgan fingerprint density at radius 1 is 1.17 bits per heavy atom. The summed E-state index contributed by atoms with van der Waals surface area (Å²) in [6.07, 6.45) is 8.48. The maximum atomic E-state index is 12.1. The van der Waals surface area contributed by atoms with Crippen LogP contribution in [0.2, 0.25) is 0 Å². The highest BCUT2D eigenvalue weighted by molar-refractivity contribution is 5.96. The van der Waals surface area contributed by atoms with Crippen molar-refractivity contribution in [3.8, 4) is 0 Å². The van der Waals surface area contributed by atoms with E-state index in [0.717, 1.165) is 61.9 Å². The van der Waals surface area contributed by atoms with Gasteiger partial charge in [-0.2, -0.15) is 0 Å². The van der Waals surface area contributed by atoms with Gasteiger partial charge in [0, 0.05) is 37.3 Å². The van der Waals surface area contributed by atoms with E-state index >= 15 is 0 Å². The summed E-state index contributed by atoms with van der Waals surface area (Å²) in [5, 5.41) is 2.96. The molecule has 1 aliphatic carbocycles. The van der Waals surface area contributed by atoms with Crippen LogP contribution in [0, 0.1) is 5.92 Å². The van der Waals surface area contributed by atoms with Crippen LogP contribution in [0.4, 0.5) is 5.82 Å². The Bertz CT molecular complexity index is 1050. The van der Waals surface area contributed by atoms with Crippen LogP contribution in [-0.2, 0) is 11.2 Å². The number of hydrogen-bond acceptors (Lipinski definition) is 3. The second kappa shape index (κ2) is 7.84. The van der Waals surface area contributed by atoms with Crippen molar-refractivity contribution in [2.75, 3.05) is 25.0 Å². The highest BCUT2D eigenvalue weighted by atomic mass is 16.2. The number of carbonyl (C=O) groups excluding carboxylic acids is 1. The van der Waals surface area contributed by atoms with Gasteiger partial charge in [-0.25, -0.2) is 4.98 Å². The summed E-state index contributed by atoms with van der Waals surface area (Å²) in [5.41, 5.74) is 5.85. The molecule has 1 fully saturated rings. The minimum absolute atomic E-state index is 0.0971. The number of amides is 1. The Balaban J connectivity index is 1.27. The van der Waals surface area contributed by atoms with E-state index < -0.39 is 0 Å². The minimum Gasteiger partial charge on any atom is -0.359 e. The van der Waals surface area contributed by atoms with E-state index in [-0.39, 0.29) is 11.8 Å². The molecule has 29 heavy (non-hydrogen) atoms. The van der Waals surface area contributed by atoms with Crippen LogP contribution >= 0.6 is 0 Å². The lowest BCUT2D eigenvalue weighted by Gasteiger charge is -2.26. The number of nitrogens with zero attached hydrogens (tertiary/aromatic N) is 2. The number of H-pyrrole nitrogens is 1. The van der Waals surface area contributed by atoms with Crippen molar-refractivity contribution in [1.29, 1.82) is 0 Å². The van der Waals surface area contributed by atoms with Gasteiger partial charge in [0.1, 0.15) is 5.82 Å². The number of carbonyl (C=O) groups is 1. The molecular formula is C24H26N4O. The van der Waals surface area contributed by atoms with Gasteiger partial charge in [-0.15, -0.1) is 0 Å². The van der Waals surface area contributed by atoms with Gasteiger partial charge in [0.15, 0.2) is 0 Å². The molecule has 1 aliphatic heterocycles. The lowest BCUT2D eigenvalue weighted by atomic mass is 10.0. The zero-order valence-corrected chi connectivity index (χ0v) is 16.5. The van der Waals surface area contributed by atoms with Gasteiger partial charge in [-0.05, 0) is 49.0 Å². The van der Waals surface area contributed by atoms with Crippen molar-refractivity contribution in [2.24, 2.45) is 5.92 Å². The summed E-state index contributed by atoms with van der Waals surface area (Å²) in [6, 6.07) is 14.6. The SMILES string of the molecule is O=C(Nc1ccc2[nH]cc(C3=CCN(CCc4ccccc4)CC3)c2n1)C1CC1. The average molecular weight is 386 g/mol. The first kappa shape index (κ1) is 18.1. The minimum atomic E-state index is 0.0971. The molecule has 1 saturated carbocycles. The Hall–Kier alpha value is -2.92. The number of pyridine rings is 1. The summed E-state index contributed by atoms with van der Waals surface area (Å²) >= 11 is 0. The molecule has 2 aliphatic rings. The Kier molecular flexibility index (Phi) is 4.90. The lowest BCUT2D eigenvalue weighted by molar-refractivity contribution is -0.117. The maximum Gasteiger partial charge on any atom is 0.228 e. The maximum absolute atomic E-state index is 12.1. The van der Waals surface area contributed by atoms with E-state index in [1.807, 2.05) is 12.1 Å². The molecule has 3 heterocycles. The molecule has 0 bridgehead atoms. The number of nitrogens with one attached hydrogen (secondary N) is 2. The third kappa shape index (κ3) is 4.10. The molecule has 1 aromatic carbocycles. The fourth-order valence-electron chi connectivity index (χ4n) is 3.98. The van der Waals surface area contributed by atoms with Crippen LogP contribution in [0.25, 0.3) is 16.6 Å². The topological polar surface area (TPSA) is 61.0 Å². The van der Waals surface area contributed by atoms with Crippen LogP contribution in [0.3, 0.4) is 0 Å². The number of aromatic nitrogens is 2. The molecule has 5 nitrogen and oxygen atoms in total. The zero-order valence-electron chi connectivity index (χ0n) is 16.5. The van der Waals surface area contributed by atoms with Gasteiger partial charge in [0.05, 0.1) is 11.0 Å². The Morgan fingerprint density at radius 2 is 2.03 bits per heavy atom. The number of benzene rings is 1. The van der Waals surface area contributed by atoms with E-state index in [4.69, 9.17) is 4.98 Å². The van der Waals surface area contributed by atoms with Gasteiger partial charge in [-0.3, -0.25) is 9.69 Å². The van der Waals surface area contributed by atoms with E-state index in [9.17, 15) is 4.79 Å². The first-order valence-corrected chi connectivity index (χ1v) is 10.5. The smallest absolute Gasteiger partial charge is 0.228 e. The molecule has 3 aromatic rings. The van der Waals surface area contributed by atoms with Crippen LogP contribution in [0.15, 0.2) is 54.7 Å². The van der Waals surface area contributed by atoms with Crippen molar-refractivity contribution in [3.63, 3.8) is 0 Å². The molecule has 148 valence electrons. The fourth-order valence-corrected chi connectivity index (χ4v) is 3.98. The molecule has 0 atom stereocenters. The standard InChI is InChI=1S/C24H26N4O/c29-24(19-6-7-19)27-22-9-8-21-23(26-22)20(16-25-21)18-11-14-28(15-12-18)13-10-17-4-2-1-3-5-17/h1-5,8-9,11,16,19,25H,6-7,10,12-15H2,(H,26,27,29). The summed E-state index contributed by atoms with van der Waals surface area (Å²) in [6.45, 7) is 3.10. The number of aromatic amines is 1. The highest BCUT2D eigenvalue weighted by Crippen LogP contribution is 2.31. The van der Waals surface area contributed by atoms with Crippen molar-refractivity contribution < 1.29 is 4.79 Å². The van der Waals surface area contributed by atoms with Crippen molar-refractivity contribution in [1.82, 2.24) is 14.9 Å². The fraction of sp³-hybridized carbons (Fsp3) is 0.333. The van der Waals surface area contributed by atoms with E-state index in [0.29, 0.717) is 5.82 Å². The van der Waals surface area contributed by atoms with Gasteiger partial charge in [0.25, 0.3) is 0 Å². The van der Waals surface area contributed by atoms with Crippen LogP contribution in [-0.4, -0.2) is 40.4 Å². The molecule has 0 saturated heterocycles. The summed E-state index contributed by atoms with van der Waals surface area (Å²) in [7, 11) is 0. The Morgan fingerprint density at radius 3 is 2.79 bits per heavy atom. The molecule has 2 N–H and O–H groups in total. The third-order valence-corrected chi connectivity index (χ3v) is 5.92. The molecule has 0 spiro atoms. The first-order chi connectivity index (χ1) is 14.3. The summed E-state index contributed by atoms with van der Waals surface area (Å²) < 4.78 is 0. The van der Waals surface area contributed by atoms with E-state index in [1.165, 1.54) is 11.1 Å². The van der Waals surface area contributed by atoms with E-state index in [2.05, 4.69) is 57.8 Å². The number of anilines is 1. The summed E-state index contributed by atoms with van der Waals surface area (Å²) in [4.78, 5) is 22.6. The quantitative estimate of drug-likeness (QED) is 0.666. The molecule has 5 rings (SSSR count). The van der Waals surface area contributed by atoms with Gasteiger partial charge < -0.3 is 10.3 Å². The predicted molar refractivity (Wildman–Crippen MR) is 117 cm³/mol. The largest absolute Gasteiger partial charge is 0.359 e. The third-order valence-electron chi connectivity index (χ3n) is 5.92. The normalized spacial score (nSPS) is 17.3. The predicted octanol–water partition coefficient (Wildman–Crippen LogP) is 4.24. The zero-order chi connectivity index (χ0) is 19.6. The second-order valence-corrected chi connectivity index (χ2v) is 8.07. The monoisotopic (exact) mass is 386 g/mol. The van der Waals surface area contributed by atoms with Crippen molar-refractivity contribution in [2.45, 2.75) is 25.7 Å². The van der Waals surface area contributed by atoms with Crippen LogP contribution in [0.5, 0.6) is 0 Å². The Labute approximate surface area is 170 Å². The molecule has 0 unspecified atom stereocenters. The van der Waals surface area contributed by atoms with Crippen molar-refractivity contribution in [3.05, 3.63) is 65.9 Å². The van der Waals surface area contributed by atoms with Gasteiger partial charge >= 0.3 is 0 Å². The van der Waals surface area contributed by atoms with Crippen LogP contribution < -0.4 is 5.32 Å². The lowest BCUT2D eigenvalue weighted by Crippen LogP contribution is -2.30. The first-order valence-electron chi connectivity index (χ1n) is 10.5. The van der Waals surface area contributed by atoms with E-state index in [1.54, 1.807) is 0 Å². The molecule has 0 radical (unpaired) electrons. The number of hydrogen-bond donors (Lipinski definition) is 2. The second-order valence-electron chi connectivity index (χ2n) is 8.07. The van der Waals surface area contributed by atoms with Gasteiger partial charge in [-0.1, -0.05) is 36.4 Å². The molecule has 5 heteroatoms. The number of rotatable bonds is 6. The molecular weight excluding hydrogens is 360 g/mol. The molecule has 2 aromatic heterocycles.